The largest absolute Gasteiger partial charge is 0.381 e. The number of guanidine groups is 1. The van der Waals surface area contributed by atoms with E-state index in [9.17, 15) is 0 Å². The normalized spacial score (nSPS) is 14.0. The molecule has 2 aromatic rings. The fourth-order valence-corrected chi connectivity index (χ4v) is 2.52. The highest BCUT2D eigenvalue weighted by molar-refractivity contribution is 14.0. The number of nitrogens with one attached hydrogen (secondary N) is 3. The van der Waals surface area contributed by atoms with Crippen LogP contribution in [-0.4, -0.2) is 42.7 Å². The highest BCUT2D eigenvalue weighted by Gasteiger charge is 2.20. The Labute approximate surface area is 172 Å². The van der Waals surface area contributed by atoms with E-state index in [2.05, 4.69) is 37.7 Å². The lowest BCUT2D eigenvalue weighted by atomic mass is 10.2. The monoisotopic (exact) mass is 469 g/mol. The van der Waals surface area contributed by atoms with Gasteiger partial charge in [0.2, 0.25) is 0 Å². The predicted molar refractivity (Wildman–Crippen MR) is 116 cm³/mol. The quantitative estimate of drug-likeness (QED) is 0.228. The van der Waals surface area contributed by atoms with Crippen molar-refractivity contribution in [3.63, 3.8) is 0 Å². The van der Waals surface area contributed by atoms with E-state index in [0.717, 1.165) is 55.1 Å². The van der Waals surface area contributed by atoms with E-state index in [-0.39, 0.29) is 24.0 Å². The van der Waals surface area contributed by atoms with Gasteiger partial charge in [-0.15, -0.1) is 24.0 Å². The van der Waals surface area contributed by atoms with Gasteiger partial charge in [-0.3, -0.25) is 4.99 Å². The van der Waals surface area contributed by atoms with Crippen molar-refractivity contribution in [1.29, 1.82) is 0 Å². The summed E-state index contributed by atoms with van der Waals surface area (Å²) in [7, 11) is 1.77. The van der Waals surface area contributed by atoms with Crippen molar-refractivity contribution in [3.05, 3.63) is 42.4 Å². The summed E-state index contributed by atoms with van der Waals surface area (Å²) in [5.74, 6) is 2.49. The third-order valence-electron chi connectivity index (χ3n) is 4.17. The van der Waals surface area contributed by atoms with Crippen LogP contribution >= 0.6 is 24.0 Å². The van der Waals surface area contributed by atoms with E-state index in [4.69, 9.17) is 4.74 Å². The lowest BCUT2D eigenvalue weighted by Gasteiger charge is -2.11. The van der Waals surface area contributed by atoms with E-state index < -0.39 is 0 Å². The Morgan fingerprint density at radius 2 is 2.08 bits per heavy atom. The van der Waals surface area contributed by atoms with Gasteiger partial charge in [0.05, 0.1) is 18.4 Å². The first-order chi connectivity index (χ1) is 12.3. The van der Waals surface area contributed by atoms with Gasteiger partial charge in [0.25, 0.3) is 0 Å². The Morgan fingerprint density at radius 3 is 2.81 bits per heavy atom. The van der Waals surface area contributed by atoms with Crippen LogP contribution in [0.5, 0.6) is 0 Å². The number of ether oxygens (including phenoxy) is 1. The van der Waals surface area contributed by atoms with Crippen molar-refractivity contribution in [2.75, 3.05) is 26.8 Å². The molecule has 3 N–H and O–H groups in total. The fourth-order valence-electron chi connectivity index (χ4n) is 2.52. The summed E-state index contributed by atoms with van der Waals surface area (Å²) in [5.41, 5.74) is 2.16. The molecule has 26 heavy (non-hydrogen) atoms. The number of aromatic amines is 1. The molecule has 142 valence electrons. The fraction of sp³-hybridized carbons (Fsp3) is 0.474. The molecule has 1 heterocycles. The first-order valence-corrected chi connectivity index (χ1v) is 8.96. The predicted octanol–water partition coefficient (Wildman–Crippen LogP) is 3.18. The van der Waals surface area contributed by atoms with Gasteiger partial charge in [0.15, 0.2) is 5.96 Å². The lowest BCUT2D eigenvalue weighted by Crippen LogP contribution is -2.37. The number of hydrogen-bond acceptors (Lipinski definition) is 3. The molecule has 0 bridgehead atoms. The lowest BCUT2D eigenvalue weighted by molar-refractivity contribution is 0.123. The van der Waals surface area contributed by atoms with Gasteiger partial charge < -0.3 is 20.4 Å². The zero-order valence-electron chi connectivity index (χ0n) is 15.2. The minimum absolute atomic E-state index is 0. The minimum Gasteiger partial charge on any atom is -0.381 e. The SMILES string of the molecule is CN=C(NCCCOCC1CC1)NCc1ncc(-c2ccccc2)[nH]1.I. The van der Waals surface area contributed by atoms with Crippen LogP contribution in [0.2, 0.25) is 0 Å². The van der Waals surface area contributed by atoms with Gasteiger partial charge in [0, 0.05) is 26.8 Å². The molecule has 0 unspecified atom stereocenters. The van der Waals surface area contributed by atoms with Crippen LogP contribution in [0, 0.1) is 5.92 Å². The minimum atomic E-state index is 0. The standard InChI is InChI=1S/C19H27N5O.HI/c1-20-19(21-10-5-11-25-14-15-8-9-15)23-13-18-22-12-17(24-18)16-6-3-2-4-7-16;/h2-4,6-7,12,15H,5,8-11,13-14H2,1H3,(H,22,24)(H2,20,21,23);1H. The molecule has 0 radical (unpaired) electrons. The first kappa shape index (κ1) is 20.7. The molecule has 1 aliphatic rings. The van der Waals surface area contributed by atoms with Gasteiger partial charge in [-0.2, -0.15) is 0 Å². The highest BCUT2D eigenvalue weighted by Crippen LogP contribution is 2.28. The number of rotatable bonds is 9. The Bertz CT molecular complexity index is 670. The number of benzene rings is 1. The molecule has 1 aromatic carbocycles. The molecular formula is C19H28IN5O. The summed E-state index contributed by atoms with van der Waals surface area (Å²) in [4.78, 5) is 12.0. The maximum Gasteiger partial charge on any atom is 0.191 e. The molecule has 0 atom stereocenters. The van der Waals surface area contributed by atoms with Gasteiger partial charge in [-0.25, -0.2) is 4.98 Å². The molecule has 6 nitrogen and oxygen atoms in total. The molecule has 0 saturated heterocycles. The summed E-state index contributed by atoms with van der Waals surface area (Å²) in [5, 5.41) is 6.57. The number of hydrogen-bond donors (Lipinski definition) is 3. The molecule has 0 aliphatic heterocycles. The third kappa shape index (κ3) is 6.95. The number of imidazole rings is 1. The molecular weight excluding hydrogens is 441 g/mol. The van der Waals surface area contributed by atoms with Crippen molar-refractivity contribution in [2.24, 2.45) is 10.9 Å². The average molecular weight is 469 g/mol. The third-order valence-corrected chi connectivity index (χ3v) is 4.17. The number of H-pyrrole nitrogens is 1. The zero-order chi connectivity index (χ0) is 17.3. The molecule has 1 aromatic heterocycles. The molecule has 1 fully saturated rings. The molecule has 7 heteroatoms. The van der Waals surface area contributed by atoms with Crippen LogP contribution in [0.15, 0.2) is 41.5 Å². The van der Waals surface area contributed by atoms with Gasteiger partial charge in [-0.1, -0.05) is 30.3 Å². The van der Waals surface area contributed by atoms with Crippen LogP contribution < -0.4 is 10.6 Å². The molecule has 1 saturated carbocycles. The number of aromatic nitrogens is 2. The van der Waals surface area contributed by atoms with Crippen LogP contribution in [-0.2, 0) is 11.3 Å². The molecule has 3 rings (SSSR count). The van der Waals surface area contributed by atoms with Crippen LogP contribution in [0.4, 0.5) is 0 Å². The summed E-state index contributed by atoms with van der Waals surface area (Å²) >= 11 is 0. The number of nitrogens with zero attached hydrogens (tertiary/aromatic N) is 2. The summed E-state index contributed by atoms with van der Waals surface area (Å²) in [6.45, 7) is 3.18. The average Bonchev–Trinajstić information content (AvgIpc) is 3.36. The first-order valence-electron chi connectivity index (χ1n) is 8.96. The summed E-state index contributed by atoms with van der Waals surface area (Å²) in [6, 6.07) is 10.2. The number of halogens is 1. The van der Waals surface area contributed by atoms with Crippen LogP contribution in [0.1, 0.15) is 25.1 Å². The van der Waals surface area contributed by atoms with Crippen LogP contribution in [0.25, 0.3) is 11.3 Å². The Balaban J connectivity index is 0.00000243. The van der Waals surface area contributed by atoms with E-state index in [1.807, 2.05) is 24.4 Å². The van der Waals surface area contributed by atoms with Gasteiger partial charge in [0.1, 0.15) is 5.82 Å². The summed E-state index contributed by atoms with van der Waals surface area (Å²) < 4.78 is 5.63. The highest BCUT2D eigenvalue weighted by atomic mass is 127. The smallest absolute Gasteiger partial charge is 0.191 e. The summed E-state index contributed by atoms with van der Waals surface area (Å²) in [6.07, 6.45) is 5.52. The Morgan fingerprint density at radius 1 is 1.27 bits per heavy atom. The van der Waals surface area contributed by atoms with Crippen molar-refractivity contribution >= 4 is 29.9 Å². The van der Waals surface area contributed by atoms with Crippen molar-refractivity contribution in [1.82, 2.24) is 20.6 Å². The second-order valence-corrected chi connectivity index (χ2v) is 6.33. The van der Waals surface area contributed by atoms with E-state index in [0.29, 0.717) is 6.54 Å². The molecule has 1 aliphatic carbocycles. The Kier molecular flexibility index (Phi) is 8.90. The van der Waals surface area contributed by atoms with E-state index in [1.54, 1.807) is 7.05 Å². The van der Waals surface area contributed by atoms with Gasteiger partial charge >= 0.3 is 0 Å². The second kappa shape index (κ2) is 11.2. The zero-order valence-corrected chi connectivity index (χ0v) is 17.5. The van der Waals surface area contributed by atoms with Gasteiger partial charge in [-0.05, 0) is 30.7 Å². The van der Waals surface area contributed by atoms with E-state index >= 15 is 0 Å². The number of aliphatic imine (C=N–C) groups is 1. The topological polar surface area (TPSA) is 74.3 Å². The van der Waals surface area contributed by atoms with Crippen LogP contribution in [0.3, 0.4) is 0 Å². The van der Waals surface area contributed by atoms with E-state index in [1.165, 1.54) is 12.8 Å². The maximum absolute atomic E-state index is 5.63. The molecule has 0 spiro atoms. The van der Waals surface area contributed by atoms with Crippen molar-refractivity contribution in [3.8, 4) is 11.3 Å². The maximum atomic E-state index is 5.63. The van der Waals surface area contributed by atoms with Crippen molar-refractivity contribution in [2.45, 2.75) is 25.8 Å². The molecule has 0 amide bonds. The Hall–Kier alpha value is -1.61. The second-order valence-electron chi connectivity index (χ2n) is 6.33. The van der Waals surface area contributed by atoms with Crippen molar-refractivity contribution < 1.29 is 4.74 Å².